The van der Waals surface area contributed by atoms with Crippen molar-refractivity contribution in [3.8, 4) is 5.75 Å². The number of sulfonamides is 1. The molecular formula is C26H29ClF2N2O4S. The Balaban J connectivity index is 1.32. The molecule has 5 rings (SSSR count). The highest BCUT2D eigenvalue weighted by Gasteiger charge is 2.38. The fourth-order valence-electron chi connectivity index (χ4n) is 4.71. The third-order valence-corrected chi connectivity index (χ3v) is 9.38. The lowest BCUT2D eigenvalue weighted by Gasteiger charge is -2.38. The van der Waals surface area contributed by atoms with Crippen molar-refractivity contribution in [3.63, 3.8) is 0 Å². The van der Waals surface area contributed by atoms with E-state index in [0.29, 0.717) is 36.7 Å². The molecule has 194 valence electrons. The molecule has 3 aliphatic rings. The second-order valence-corrected chi connectivity index (χ2v) is 12.5. The first-order chi connectivity index (χ1) is 17.1. The minimum atomic E-state index is -3.78. The number of carbonyl (C=O) groups excluding carboxylic acids is 1. The molecule has 0 bridgehead atoms. The first-order valence-electron chi connectivity index (χ1n) is 12.3. The average Bonchev–Trinajstić information content (AvgIpc) is 3.70. The minimum Gasteiger partial charge on any atom is -0.489 e. The summed E-state index contributed by atoms with van der Waals surface area (Å²) in [6.07, 6.45) is 4.27. The second kappa shape index (κ2) is 9.91. The maximum Gasteiger partial charge on any atom is 0.267 e. The van der Waals surface area contributed by atoms with Gasteiger partial charge in [-0.15, -0.1) is 0 Å². The molecule has 2 aliphatic carbocycles. The summed E-state index contributed by atoms with van der Waals surface area (Å²) in [4.78, 5) is 14.8. The summed E-state index contributed by atoms with van der Waals surface area (Å²) in [5.74, 6) is -1.58. The molecule has 2 aromatic carbocycles. The van der Waals surface area contributed by atoms with Crippen LogP contribution in [0, 0.1) is 11.6 Å². The molecule has 1 saturated heterocycles. The fraction of sp³-hybridized carbons (Fsp3) is 0.500. The Morgan fingerprint density at radius 1 is 1.11 bits per heavy atom. The predicted molar refractivity (Wildman–Crippen MR) is 133 cm³/mol. The van der Waals surface area contributed by atoms with Gasteiger partial charge in [0.2, 0.25) is 10.0 Å². The van der Waals surface area contributed by atoms with Gasteiger partial charge in [-0.3, -0.25) is 9.69 Å². The Hall–Kier alpha value is -2.23. The summed E-state index contributed by atoms with van der Waals surface area (Å²) in [6.45, 7) is 3.24. The lowest BCUT2D eigenvalue weighted by molar-refractivity contribution is 0.0502. The van der Waals surface area contributed by atoms with E-state index < -0.39 is 27.0 Å². The molecule has 0 unspecified atom stereocenters. The van der Waals surface area contributed by atoms with Gasteiger partial charge >= 0.3 is 0 Å². The number of nitrogens with one attached hydrogen (secondary N) is 1. The third-order valence-electron chi connectivity index (χ3n) is 7.21. The van der Waals surface area contributed by atoms with Gasteiger partial charge < -0.3 is 4.74 Å². The minimum absolute atomic E-state index is 0.156. The smallest absolute Gasteiger partial charge is 0.267 e. The van der Waals surface area contributed by atoms with Crippen LogP contribution in [0.2, 0.25) is 5.02 Å². The molecule has 36 heavy (non-hydrogen) atoms. The molecule has 0 aromatic heterocycles. The van der Waals surface area contributed by atoms with E-state index in [1.165, 1.54) is 24.3 Å². The number of halogens is 3. The van der Waals surface area contributed by atoms with Crippen molar-refractivity contribution in [2.75, 3.05) is 6.54 Å². The summed E-state index contributed by atoms with van der Waals surface area (Å²) in [5, 5.41) is -0.197. The molecule has 3 fully saturated rings. The number of nitrogens with zero attached hydrogens (tertiary/aromatic N) is 1. The molecule has 2 aromatic rings. The van der Waals surface area contributed by atoms with Crippen LogP contribution in [0.15, 0.2) is 30.3 Å². The van der Waals surface area contributed by atoms with E-state index in [1.54, 1.807) is 6.07 Å². The highest BCUT2D eigenvalue weighted by Crippen LogP contribution is 2.45. The number of rotatable bonds is 8. The molecule has 10 heteroatoms. The van der Waals surface area contributed by atoms with Crippen molar-refractivity contribution in [1.29, 1.82) is 0 Å². The van der Waals surface area contributed by atoms with Crippen molar-refractivity contribution in [1.82, 2.24) is 9.62 Å². The summed E-state index contributed by atoms with van der Waals surface area (Å²) in [6, 6.07) is 7.31. The fourth-order valence-corrected chi connectivity index (χ4v) is 6.23. The van der Waals surface area contributed by atoms with Crippen LogP contribution in [0.3, 0.4) is 0 Å². The SMILES string of the molecule is C[C@H]1CC[C@@H](Oc2cc(F)c(C(=O)NS(=O)(=O)C3CC3)cc2C2CC2)CN1Cc1ccc(F)cc1Cl. The maximum absolute atomic E-state index is 15.0. The van der Waals surface area contributed by atoms with Crippen LogP contribution in [-0.4, -0.2) is 43.2 Å². The number of carbonyl (C=O) groups is 1. The Labute approximate surface area is 215 Å². The van der Waals surface area contributed by atoms with Gasteiger partial charge in [-0.1, -0.05) is 17.7 Å². The predicted octanol–water partition coefficient (Wildman–Crippen LogP) is 5.15. The van der Waals surface area contributed by atoms with Gasteiger partial charge in [-0.05, 0) is 80.7 Å². The van der Waals surface area contributed by atoms with Crippen molar-refractivity contribution in [2.24, 2.45) is 0 Å². The van der Waals surface area contributed by atoms with Crippen LogP contribution in [-0.2, 0) is 16.6 Å². The van der Waals surface area contributed by atoms with Gasteiger partial charge in [-0.25, -0.2) is 21.9 Å². The zero-order valence-electron chi connectivity index (χ0n) is 20.0. The maximum atomic E-state index is 15.0. The summed E-state index contributed by atoms with van der Waals surface area (Å²) in [5.41, 5.74) is 1.28. The zero-order chi connectivity index (χ0) is 25.6. The van der Waals surface area contributed by atoms with Crippen LogP contribution >= 0.6 is 11.6 Å². The van der Waals surface area contributed by atoms with E-state index in [2.05, 4.69) is 11.8 Å². The number of benzene rings is 2. The van der Waals surface area contributed by atoms with Gasteiger partial charge in [0.1, 0.15) is 23.5 Å². The second-order valence-electron chi connectivity index (χ2n) is 10.2. The number of piperidine rings is 1. The van der Waals surface area contributed by atoms with Gasteiger partial charge in [0.15, 0.2) is 0 Å². The first-order valence-corrected chi connectivity index (χ1v) is 14.3. The van der Waals surface area contributed by atoms with Gasteiger partial charge in [0.05, 0.1) is 10.8 Å². The molecule has 1 aliphatic heterocycles. The van der Waals surface area contributed by atoms with Crippen molar-refractivity contribution < 1.29 is 26.7 Å². The molecule has 6 nitrogen and oxygen atoms in total. The summed E-state index contributed by atoms with van der Waals surface area (Å²) < 4.78 is 61.1. The number of ether oxygens (including phenoxy) is 1. The summed E-state index contributed by atoms with van der Waals surface area (Å²) in [7, 11) is -3.78. The average molecular weight is 539 g/mol. The van der Waals surface area contributed by atoms with E-state index in [9.17, 15) is 17.6 Å². The van der Waals surface area contributed by atoms with Crippen molar-refractivity contribution in [3.05, 3.63) is 63.7 Å². The quantitative estimate of drug-likeness (QED) is 0.503. The first kappa shape index (κ1) is 25.4. The molecule has 1 amide bonds. The summed E-state index contributed by atoms with van der Waals surface area (Å²) >= 11 is 6.23. The number of hydrogen-bond acceptors (Lipinski definition) is 5. The van der Waals surface area contributed by atoms with Crippen LogP contribution in [0.25, 0.3) is 0 Å². The number of amides is 1. The van der Waals surface area contributed by atoms with Crippen LogP contribution in [0.1, 0.15) is 72.9 Å². The molecule has 2 atom stereocenters. The largest absolute Gasteiger partial charge is 0.489 e. The van der Waals surface area contributed by atoms with Gasteiger partial charge in [0, 0.05) is 30.2 Å². The monoisotopic (exact) mass is 538 g/mol. The molecule has 0 spiro atoms. The van der Waals surface area contributed by atoms with Crippen LogP contribution < -0.4 is 9.46 Å². The lowest BCUT2D eigenvalue weighted by Crippen LogP contribution is -2.45. The van der Waals surface area contributed by atoms with Crippen LogP contribution in [0.5, 0.6) is 5.75 Å². The van der Waals surface area contributed by atoms with Crippen LogP contribution in [0.4, 0.5) is 8.78 Å². The molecule has 0 radical (unpaired) electrons. The van der Waals surface area contributed by atoms with Gasteiger partial charge in [0.25, 0.3) is 5.91 Å². The highest BCUT2D eigenvalue weighted by molar-refractivity contribution is 7.91. The van der Waals surface area contributed by atoms with Gasteiger partial charge in [-0.2, -0.15) is 0 Å². The van der Waals surface area contributed by atoms with Crippen molar-refractivity contribution >= 4 is 27.5 Å². The van der Waals surface area contributed by atoms with E-state index in [0.717, 1.165) is 36.8 Å². The van der Waals surface area contributed by atoms with E-state index in [4.69, 9.17) is 16.3 Å². The van der Waals surface area contributed by atoms with E-state index in [1.807, 2.05) is 4.72 Å². The van der Waals surface area contributed by atoms with E-state index in [-0.39, 0.29) is 29.4 Å². The number of likely N-dealkylation sites (tertiary alicyclic amines) is 1. The number of hydrogen-bond donors (Lipinski definition) is 1. The Bertz CT molecular complexity index is 1280. The topological polar surface area (TPSA) is 75.7 Å². The molecule has 1 N–H and O–H groups in total. The Morgan fingerprint density at radius 2 is 1.86 bits per heavy atom. The molecule has 2 saturated carbocycles. The highest BCUT2D eigenvalue weighted by atomic mass is 35.5. The Morgan fingerprint density at radius 3 is 2.53 bits per heavy atom. The van der Waals surface area contributed by atoms with E-state index >= 15 is 4.39 Å². The third kappa shape index (κ3) is 5.68. The standard InChI is InChI=1S/C26H29ClF2N2O4S/c1-15-2-7-19(14-31(15)13-17-5-6-18(28)10-23(17)27)35-25-12-24(29)22(11-21(25)16-3-4-16)26(32)30-36(33,34)20-8-9-20/h5-6,10-12,15-16,19-20H,2-4,7-9,13-14H2,1H3,(H,30,32)/t15-,19+/m0/s1. The zero-order valence-corrected chi connectivity index (χ0v) is 21.5. The molecular weight excluding hydrogens is 510 g/mol. The van der Waals surface area contributed by atoms with Crippen molar-refractivity contribution in [2.45, 2.75) is 75.3 Å². The lowest BCUT2D eigenvalue weighted by atomic mass is 9.99. The normalized spacial score (nSPS) is 22.9. The molecule has 1 heterocycles. The Kier molecular flexibility index (Phi) is 7.00.